The topological polar surface area (TPSA) is 93.5 Å². The number of benzene rings is 2. The molecule has 0 spiro atoms. The number of carbonyl (C=O) groups is 2. The summed E-state index contributed by atoms with van der Waals surface area (Å²) in [5.74, 6) is -0.935. The van der Waals surface area contributed by atoms with E-state index in [1.54, 1.807) is 6.20 Å². The van der Waals surface area contributed by atoms with Crippen LogP contribution in [-0.4, -0.2) is 33.6 Å². The largest absolute Gasteiger partial charge is 0.480 e. The second-order valence-electron chi connectivity index (χ2n) is 8.05. The first-order valence-electron chi connectivity index (χ1n) is 10.5. The van der Waals surface area contributed by atoms with Crippen molar-refractivity contribution in [1.82, 2.24) is 15.1 Å². The number of rotatable bonds is 5. The lowest BCUT2D eigenvalue weighted by Crippen LogP contribution is -2.32. The number of aryl methyl sites for hydroxylation is 1. The standard InChI is InChI=1S/C24H23N3O4/c28-22(29)13-27-12-15-6-5-11-21(23(15)26-27)25-24(30)31-14-20-18-9-3-1-7-16(18)17-8-2-4-10-19(17)20/h1-4,7-10,12,20-21H,5-6,11,13-14H2,(H,25,30)(H,28,29). The van der Waals surface area contributed by atoms with Crippen molar-refractivity contribution in [2.75, 3.05) is 6.61 Å². The van der Waals surface area contributed by atoms with Gasteiger partial charge in [0.2, 0.25) is 0 Å². The number of hydrogen-bond acceptors (Lipinski definition) is 4. The van der Waals surface area contributed by atoms with Crippen LogP contribution >= 0.6 is 0 Å². The highest BCUT2D eigenvalue weighted by Crippen LogP contribution is 2.44. The van der Waals surface area contributed by atoms with Crippen molar-refractivity contribution in [2.24, 2.45) is 0 Å². The molecule has 1 heterocycles. The molecule has 2 aromatic carbocycles. The fraction of sp³-hybridized carbons (Fsp3) is 0.292. The molecule has 31 heavy (non-hydrogen) atoms. The van der Waals surface area contributed by atoms with E-state index in [0.29, 0.717) is 0 Å². The van der Waals surface area contributed by atoms with Gasteiger partial charge >= 0.3 is 12.1 Å². The SMILES string of the molecule is O=C(O)Cn1cc2c(n1)C(NC(=O)OCC1c3ccccc3-c3ccccc31)CCC2. The summed E-state index contributed by atoms with van der Waals surface area (Å²) in [6.45, 7) is 0.0670. The maximum Gasteiger partial charge on any atom is 0.407 e. The Morgan fingerprint density at radius 1 is 1.10 bits per heavy atom. The number of nitrogens with one attached hydrogen (secondary N) is 1. The summed E-state index contributed by atoms with van der Waals surface area (Å²) < 4.78 is 7.07. The lowest BCUT2D eigenvalue weighted by atomic mass is 9.94. The molecule has 0 fully saturated rings. The van der Waals surface area contributed by atoms with E-state index in [9.17, 15) is 9.59 Å². The van der Waals surface area contributed by atoms with Gasteiger partial charge in [0.25, 0.3) is 0 Å². The molecule has 3 aromatic rings. The van der Waals surface area contributed by atoms with Crippen LogP contribution in [0.15, 0.2) is 54.7 Å². The molecule has 0 saturated carbocycles. The first-order valence-corrected chi connectivity index (χ1v) is 10.5. The molecule has 1 amide bonds. The van der Waals surface area contributed by atoms with E-state index in [0.717, 1.165) is 30.5 Å². The van der Waals surface area contributed by atoms with Crippen LogP contribution in [0.1, 0.15) is 47.2 Å². The molecule has 7 heteroatoms. The number of aromatic nitrogens is 2. The first-order chi connectivity index (χ1) is 15.1. The Kier molecular flexibility index (Phi) is 4.94. The summed E-state index contributed by atoms with van der Waals surface area (Å²) in [5, 5.41) is 16.3. The molecule has 0 bridgehead atoms. The fourth-order valence-electron chi connectivity index (χ4n) is 4.74. The molecule has 2 aliphatic rings. The molecule has 7 nitrogen and oxygen atoms in total. The van der Waals surface area contributed by atoms with Crippen molar-refractivity contribution in [3.05, 3.63) is 77.1 Å². The van der Waals surface area contributed by atoms with Gasteiger partial charge < -0.3 is 15.2 Å². The van der Waals surface area contributed by atoms with Gasteiger partial charge in [-0.05, 0) is 47.1 Å². The maximum absolute atomic E-state index is 12.6. The zero-order chi connectivity index (χ0) is 21.4. The highest BCUT2D eigenvalue weighted by Gasteiger charge is 2.30. The number of hydrogen-bond donors (Lipinski definition) is 2. The van der Waals surface area contributed by atoms with E-state index in [1.165, 1.54) is 26.9 Å². The molecule has 0 aliphatic heterocycles. The minimum Gasteiger partial charge on any atom is -0.480 e. The summed E-state index contributed by atoms with van der Waals surface area (Å²) in [6.07, 6.45) is 3.77. The van der Waals surface area contributed by atoms with Gasteiger partial charge in [0.15, 0.2) is 0 Å². The van der Waals surface area contributed by atoms with Crippen LogP contribution in [0.3, 0.4) is 0 Å². The van der Waals surface area contributed by atoms with Crippen LogP contribution in [0.5, 0.6) is 0 Å². The van der Waals surface area contributed by atoms with Gasteiger partial charge in [-0.3, -0.25) is 9.48 Å². The van der Waals surface area contributed by atoms with Crippen molar-refractivity contribution in [1.29, 1.82) is 0 Å². The summed E-state index contributed by atoms with van der Waals surface area (Å²) in [4.78, 5) is 23.6. The summed E-state index contributed by atoms with van der Waals surface area (Å²) >= 11 is 0. The smallest absolute Gasteiger partial charge is 0.407 e. The third-order valence-electron chi connectivity index (χ3n) is 6.07. The molecule has 2 N–H and O–H groups in total. The number of ether oxygens (including phenoxy) is 1. The molecular weight excluding hydrogens is 394 g/mol. The molecule has 0 saturated heterocycles. The Hall–Kier alpha value is -3.61. The van der Waals surface area contributed by atoms with Crippen LogP contribution in [-0.2, 0) is 22.5 Å². The Morgan fingerprint density at radius 2 is 1.77 bits per heavy atom. The van der Waals surface area contributed by atoms with E-state index in [-0.39, 0.29) is 25.1 Å². The molecule has 1 atom stereocenters. The molecule has 0 radical (unpaired) electrons. The first kappa shape index (κ1) is 19.4. The Labute approximate surface area is 179 Å². The highest BCUT2D eigenvalue weighted by atomic mass is 16.5. The van der Waals surface area contributed by atoms with Gasteiger partial charge in [0, 0.05) is 12.1 Å². The summed E-state index contributed by atoms with van der Waals surface area (Å²) in [6, 6.07) is 16.2. The van der Waals surface area contributed by atoms with Crippen LogP contribution in [0.2, 0.25) is 0 Å². The van der Waals surface area contributed by atoms with Gasteiger partial charge in [0.1, 0.15) is 13.2 Å². The molecule has 1 unspecified atom stereocenters. The summed E-state index contributed by atoms with van der Waals surface area (Å²) in [5.41, 5.74) is 6.44. The predicted octanol–water partition coefficient (Wildman–Crippen LogP) is 3.88. The lowest BCUT2D eigenvalue weighted by molar-refractivity contribution is -0.137. The third kappa shape index (κ3) is 3.67. The Bertz CT molecular complexity index is 1110. The van der Waals surface area contributed by atoms with Crippen LogP contribution in [0.4, 0.5) is 4.79 Å². The van der Waals surface area contributed by atoms with Crippen molar-refractivity contribution in [2.45, 2.75) is 37.8 Å². The van der Waals surface area contributed by atoms with Crippen LogP contribution < -0.4 is 5.32 Å². The second-order valence-corrected chi connectivity index (χ2v) is 8.05. The summed E-state index contributed by atoms with van der Waals surface area (Å²) in [7, 11) is 0. The van der Waals surface area contributed by atoms with E-state index in [1.807, 2.05) is 24.3 Å². The maximum atomic E-state index is 12.6. The third-order valence-corrected chi connectivity index (χ3v) is 6.07. The minimum absolute atomic E-state index is 0.00911. The van der Waals surface area contributed by atoms with Crippen molar-refractivity contribution < 1.29 is 19.4 Å². The van der Waals surface area contributed by atoms with Crippen molar-refractivity contribution in [3.8, 4) is 11.1 Å². The zero-order valence-corrected chi connectivity index (χ0v) is 17.0. The lowest BCUT2D eigenvalue weighted by Gasteiger charge is -2.22. The zero-order valence-electron chi connectivity index (χ0n) is 17.0. The number of carbonyl (C=O) groups excluding carboxylic acids is 1. The number of carboxylic acid groups (broad SMARTS) is 1. The molecular formula is C24H23N3O4. The monoisotopic (exact) mass is 417 g/mol. The normalized spacial score (nSPS) is 16.8. The molecule has 2 aliphatic carbocycles. The van der Waals surface area contributed by atoms with Gasteiger partial charge in [-0.15, -0.1) is 0 Å². The minimum atomic E-state index is -0.944. The second kappa shape index (κ2) is 7.91. The quantitative estimate of drug-likeness (QED) is 0.657. The van der Waals surface area contributed by atoms with Crippen molar-refractivity contribution >= 4 is 12.1 Å². The van der Waals surface area contributed by atoms with Gasteiger partial charge in [-0.25, -0.2) is 4.79 Å². The number of nitrogens with zero attached hydrogens (tertiary/aromatic N) is 2. The number of aliphatic carboxylic acids is 1. The Balaban J connectivity index is 1.28. The van der Waals surface area contributed by atoms with E-state index < -0.39 is 12.1 Å². The van der Waals surface area contributed by atoms with E-state index in [4.69, 9.17) is 9.84 Å². The number of amides is 1. The van der Waals surface area contributed by atoms with Crippen molar-refractivity contribution in [3.63, 3.8) is 0 Å². The van der Waals surface area contributed by atoms with Gasteiger partial charge in [0.05, 0.1) is 11.7 Å². The van der Waals surface area contributed by atoms with Gasteiger partial charge in [-0.2, -0.15) is 5.10 Å². The molecule has 1 aromatic heterocycles. The molecule has 158 valence electrons. The van der Waals surface area contributed by atoms with Crippen LogP contribution in [0.25, 0.3) is 11.1 Å². The van der Waals surface area contributed by atoms with Crippen LogP contribution in [0, 0.1) is 0 Å². The predicted molar refractivity (Wildman–Crippen MR) is 114 cm³/mol. The van der Waals surface area contributed by atoms with Gasteiger partial charge in [-0.1, -0.05) is 48.5 Å². The molecule has 5 rings (SSSR count). The number of alkyl carbamates (subject to hydrolysis) is 1. The average molecular weight is 417 g/mol. The number of fused-ring (bicyclic) bond motifs is 4. The van der Waals surface area contributed by atoms with E-state index >= 15 is 0 Å². The van der Waals surface area contributed by atoms with E-state index in [2.05, 4.69) is 34.7 Å². The average Bonchev–Trinajstić information content (AvgIpc) is 3.31. The number of carboxylic acids is 1. The highest BCUT2D eigenvalue weighted by molar-refractivity contribution is 5.79. The Morgan fingerprint density at radius 3 is 2.45 bits per heavy atom. The fourth-order valence-corrected chi connectivity index (χ4v) is 4.74.